The minimum atomic E-state index is 0. The van der Waals surface area contributed by atoms with Crippen LogP contribution in [0.3, 0.4) is 0 Å². The number of thiophene rings is 1. The van der Waals surface area contributed by atoms with E-state index in [4.69, 9.17) is 0 Å². The van der Waals surface area contributed by atoms with E-state index in [-0.39, 0.29) is 24.8 Å². The SMILES string of the molecule is CCC1=NC2=CC=CC2=C1.[Cl-].[Cl-].[Zr+2][CH]1C(c2ccc(-c3ccccc3)s2)=Cc2ccccc21. The van der Waals surface area contributed by atoms with E-state index in [0.717, 1.165) is 12.1 Å². The van der Waals surface area contributed by atoms with Crippen molar-refractivity contribution in [2.45, 2.75) is 17.0 Å². The van der Waals surface area contributed by atoms with Crippen LogP contribution >= 0.6 is 11.3 Å². The molecule has 2 aromatic carbocycles. The van der Waals surface area contributed by atoms with Crippen molar-refractivity contribution in [1.29, 1.82) is 0 Å². The third-order valence-electron chi connectivity index (χ3n) is 5.65. The summed E-state index contributed by atoms with van der Waals surface area (Å²) in [4.78, 5) is 7.15. The number of fused-ring (bicyclic) bond motifs is 2. The molecule has 0 spiro atoms. The Labute approximate surface area is 227 Å². The van der Waals surface area contributed by atoms with Crippen LogP contribution in [0.2, 0.25) is 0 Å². The van der Waals surface area contributed by atoms with E-state index in [1.54, 1.807) is 24.7 Å². The maximum absolute atomic E-state index is 4.39. The van der Waals surface area contributed by atoms with Crippen LogP contribution in [0, 0.1) is 0 Å². The Balaban J connectivity index is 0.000000217. The normalized spacial score (nSPS) is 16.8. The van der Waals surface area contributed by atoms with Crippen molar-refractivity contribution in [3.8, 4) is 10.4 Å². The van der Waals surface area contributed by atoms with E-state index in [1.165, 1.54) is 43.3 Å². The Hall–Kier alpha value is -1.77. The molecule has 1 atom stereocenters. The second-order valence-electron chi connectivity index (χ2n) is 7.66. The monoisotopic (exact) mass is 564 g/mol. The molecule has 1 nitrogen and oxygen atoms in total. The van der Waals surface area contributed by atoms with Gasteiger partial charge in [-0.3, -0.25) is 4.99 Å². The summed E-state index contributed by atoms with van der Waals surface area (Å²) >= 11 is 3.47. The van der Waals surface area contributed by atoms with Gasteiger partial charge in [-0.1, -0.05) is 19.1 Å². The fourth-order valence-electron chi connectivity index (χ4n) is 3.98. The fraction of sp³-hybridized carbons (Fsp3) is 0.107. The van der Waals surface area contributed by atoms with E-state index in [9.17, 15) is 0 Å². The van der Waals surface area contributed by atoms with Gasteiger partial charge in [0.1, 0.15) is 0 Å². The van der Waals surface area contributed by atoms with Crippen molar-refractivity contribution in [2.75, 3.05) is 0 Å². The number of allylic oxidation sites excluding steroid dienone is 5. The Morgan fingerprint density at radius 1 is 0.879 bits per heavy atom. The topological polar surface area (TPSA) is 12.4 Å². The van der Waals surface area contributed by atoms with Gasteiger partial charge < -0.3 is 24.8 Å². The molecular weight excluding hydrogens is 545 g/mol. The summed E-state index contributed by atoms with van der Waals surface area (Å²) < 4.78 is 0.579. The number of nitrogens with zero attached hydrogens (tertiary/aromatic N) is 1. The summed E-state index contributed by atoms with van der Waals surface area (Å²) in [6.45, 7) is 2.13. The number of hydrogen-bond acceptors (Lipinski definition) is 2. The molecule has 163 valence electrons. The van der Waals surface area contributed by atoms with Crippen LogP contribution in [-0.4, -0.2) is 5.71 Å². The van der Waals surface area contributed by atoms with Gasteiger partial charge >= 0.3 is 145 Å². The Bertz CT molecular complexity index is 1280. The molecule has 2 aliphatic carbocycles. The van der Waals surface area contributed by atoms with Gasteiger partial charge in [-0.15, -0.1) is 0 Å². The predicted octanol–water partition coefficient (Wildman–Crippen LogP) is 1.80. The Morgan fingerprint density at radius 2 is 1.61 bits per heavy atom. The summed E-state index contributed by atoms with van der Waals surface area (Å²) in [6.07, 6.45) is 11.7. The molecule has 1 aromatic heterocycles. The second kappa shape index (κ2) is 11.6. The van der Waals surface area contributed by atoms with E-state index < -0.39 is 0 Å². The van der Waals surface area contributed by atoms with Crippen molar-refractivity contribution in [3.63, 3.8) is 0 Å². The van der Waals surface area contributed by atoms with Crippen LogP contribution in [0.15, 0.2) is 107 Å². The zero-order valence-corrected chi connectivity index (χ0v) is 22.9. The maximum atomic E-state index is 4.39. The molecule has 33 heavy (non-hydrogen) atoms. The van der Waals surface area contributed by atoms with Crippen LogP contribution in [0.4, 0.5) is 0 Å². The molecule has 3 aliphatic rings. The van der Waals surface area contributed by atoms with Crippen molar-refractivity contribution in [3.05, 3.63) is 118 Å². The first-order valence-corrected chi connectivity index (χ1v) is 12.8. The molecule has 0 fully saturated rings. The third-order valence-corrected chi connectivity index (χ3v) is 8.36. The molecule has 0 saturated heterocycles. The average molecular weight is 567 g/mol. The molecule has 2 heterocycles. The second-order valence-corrected chi connectivity index (χ2v) is 10.2. The predicted molar refractivity (Wildman–Crippen MR) is 130 cm³/mol. The first kappa shape index (κ1) is 25.8. The quantitative estimate of drug-likeness (QED) is 0.459. The zero-order chi connectivity index (χ0) is 21.2. The standard InChI is InChI=1S/C19H13S.C9H9N.2ClH.Zr/c1-2-6-14(7-3-1)18-10-11-19(20-18)17-12-15-8-4-5-9-16(15)13-17;1-2-8-6-7-4-3-5-9(7)10-8;;;/h1-13H;3-6H,2H2,1H3;2*1H;/q;;;;+2/p-2. The Kier molecular flexibility index (Phi) is 9.07. The molecule has 0 amide bonds. The molecule has 5 heteroatoms. The van der Waals surface area contributed by atoms with Crippen LogP contribution in [0.25, 0.3) is 22.1 Å². The first-order valence-electron chi connectivity index (χ1n) is 10.6. The van der Waals surface area contributed by atoms with Crippen LogP contribution in [-0.2, 0) is 24.7 Å². The summed E-state index contributed by atoms with van der Waals surface area (Å²) in [6, 6.07) is 23.9. The average Bonchev–Trinajstić information content (AvgIpc) is 3.58. The fourth-order valence-corrected chi connectivity index (χ4v) is 6.53. The first-order chi connectivity index (χ1) is 15.2. The number of rotatable bonds is 3. The van der Waals surface area contributed by atoms with Crippen molar-refractivity contribution in [2.24, 2.45) is 4.99 Å². The number of aliphatic imine (C=N–C) groups is 1. The van der Waals surface area contributed by atoms with E-state index in [0.29, 0.717) is 3.63 Å². The van der Waals surface area contributed by atoms with Crippen LogP contribution in [0.5, 0.6) is 0 Å². The number of hydrogen-bond donors (Lipinski definition) is 0. The van der Waals surface area contributed by atoms with Crippen molar-refractivity contribution in [1.82, 2.24) is 0 Å². The molecule has 1 aliphatic heterocycles. The van der Waals surface area contributed by atoms with Crippen molar-refractivity contribution >= 4 is 28.7 Å². The Morgan fingerprint density at radius 3 is 2.33 bits per heavy atom. The van der Waals surface area contributed by atoms with Gasteiger partial charge in [-0.05, 0) is 18.6 Å². The molecule has 0 N–H and O–H groups in total. The molecular formula is C28H22Cl2NSZr. The number of halogens is 2. The summed E-state index contributed by atoms with van der Waals surface area (Å²) in [5.41, 5.74) is 9.29. The minimum absolute atomic E-state index is 0. The molecule has 0 radical (unpaired) electrons. The molecule has 0 saturated carbocycles. The van der Waals surface area contributed by atoms with Gasteiger partial charge in [0.05, 0.1) is 5.70 Å². The zero-order valence-electron chi connectivity index (χ0n) is 18.1. The molecule has 3 aromatic rings. The van der Waals surface area contributed by atoms with Gasteiger partial charge in [0.25, 0.3) is 0 Å². The van der Waals surface area contributed by atoms with Gasteiger partial charge in [-0.2, -0.15) is 0 Å². The molecule has 6 rings (SSSR count). The molecule has 0 bridgehead atoms. The van der Waals surface area contributed by atoms with Gasteiger partial charge in [0, 0.05) is 11.3 Å². The van der Waals surface area contributed by atoms with E-state index >= 15 is 0 Å². The van der Waals surface area contributed by atoms with Gasteiger partial charge in [0.15, 0.2) is 0 Å². The van der Waals surface area contributed by atoms with Gasteiger partial charge in [0.2, 0.25) is 0 Å². The van der Waals surface area contributed by atoms with Crippen LogP contribution in [0.1, 0.15) is 33.0 Å². The van der Waals surface area contributed by atoms with Crippen LogP contribution < -0.4 is 24.8 Å². The summed E-state index contributed by atoms with van der Waals surface area (Å²) in [5.74, 6) is 0. The summed E-state index contributed by atoms with van der Waals surface area (Å²) in [5, 5.41) is 0. The molecule has 1 unspecified atom stereocenters. The number of benzene rings is 2. The van der Waals surface area contributed by atoms with Gasteiger partial charge in [-0.25, -0.2) is 0 Å². The third kappa shape index (κ3) is 5.49. The van der Waals surface area contributed by atoms with E-state index in [1.807, 2.05) is 17.4 Å². The van der Waals surface area contributed by atoms with Crippen molar-refractivity contribution < 1.29 is 49.5 Å². The summed E-state index contributed by atoms with van der Waals surface area (Å²) in [7, 11) is 0. The van der Waals surface area contributed by atoms with E-state index in [2.05, 4.69) is 103 Å².